The maximum atomic E-state index is 9.14. The Kier molecular flexibility index (Phi) is 3.19. The highest BCUT2D eigenvalue weighted by molar-refractivity contribution is 5.57. The molecule has 0 amide bonds. The molecule has 0 saturated heterocycles. The van der Waals surface area contributed by atoms with E-state index in [-0.39, 0.29) is 5.75 Å². The second-order valence-electron chi connectivity index (χ2n) is 3.75. The summed E-state index contributed by atoms with van der Waals surface area (Å²) in [6.45, 7) is 3.10. The first-order valence-electron chi connectivity index (χ1n) is 5.47. The van der Waals surface area contributed by atoms with Crippen LogP contribution in [0.2, 0.25) is 0 Å². The Bertz CT molecular complexity index is 448. The van der Waals surface area contributed by atoms with Crippen molar-refractivity contribution >= 4 is 0 Å². The summed E-state index contributed by atoms with van der Waals surface area (Å²) in [5.74, 6) is 0.183. The zero-order valence-electron chi connectivity index (χ0n) is 9.30. The van der Waals surface area contributed by atoms with Gasteiger partial charge in [0, 0.05) is 18.3 Å². The third-order valence-electron chi connectivity index (χ3n) is 2.42. The lowest BCUT2D eigenvalue weighted by Gasteiger charge is -1.98. The van der Waals surface area contributed by atoms with Crippen LogP contribution in [0.3, 0.4) is 0 Å². The van der Waals surface area contributed by atoms with E-state index >= 15 is 0 Å². The van der Waals surface area contributed by atoms with Gasteiger partial charge in [-0.15, -0.1) is 0 Å². The normalized spacial score (nSPS) is 10.6. The molecule has 2 rings (SSSR count). The van der Waals surface area contributed by atoms with Crippen molar-refractivity contribution in [3.63, 3.8) is 0 Å². The monoisotopic (exact) mass is 217 g/mol. The van der Waals surface area contributed by atoms with E-state index in [9.17, 15) is 0 Å². The van der Waals surface area contributed by atoms with Gasteiger partial charge in [0.25, 0.3) is 0 Å². The summed E-state index contributed by atoms with van der Waals surface area (Å²) in [4.78, 5) is 4.14. The molecule has 0 aliphatic heterocycles. The highest BCUT2D eigenvalue weighted by Gasteiger charge is 2.02. The topological polar surface area (TPSA) is 50.9 Å². The second kappa shape index (κ2) is 4.79. The van der Waals surface area contributed by atoms with Gasteiger partial charge in [-0.1, -0.05) is 13.3 Å². The molecule has 0 unspecified atom stereocenters. The van der Waals surface area contributed by atoms with Crippen LogP contribution in [0.15, 0.2) is 30.7 Å². The molecule has 16 heavy (non-hydrogen) atoms. The van der Waals surface area contributed by atoms with Crippen LogP contribution in [-0.2, 0) is 6.54 Å². The van der Waals surface area contributed by atoms with E-state index in [0.29, 0.717) is 0 Å². The van der Waals surface area contributed by atoms with Gasteiger partial charge >= 0.3 is 0 Å². The van der Waals surface area contributed by atoms with Gasteiger partial charge in [-0.3, -0.25) is 9.67 Å². The highest BCUT2D eigenvalue weighted by Crippen LogP contribution is 2.18. The van der Waals surface area contributed by atoms with Crippen molar-refractivity contribution in [2.75, 3.05) is 0 Å². The first-order valence-corrected chi connectivity index (χ1v) is 5.47. The van der Waals surface area contributed by atoms with Crippen molar-refractivity contribution < 1.29 is 5.11 Å². The van der Waals surface area contributed by atoms with Crippen LogP contribution in [0.4, 0.5) is 0 Å². The second-order valence-corrected chi connectivity index (χ2v) is 3.75. The van der Waals surface area contributed by atoms with Crippen LogP contribution in [0.1, 0.15) is 19.8 Å². The summed E-state index contributed by atoms with van der Waals surface area (Å²) in [6.07, 6.45) is 7.51. The Hall–Kier alpha value is -1.84. The average Bonchev–Trinajstić information content (AvgIpc) is 2.76. The van der Waals surface area contributed by atoms with Crippen molar-refractivity contribution in [2.24, 2.45) is 0 Å². The number of aromatic nitrogens is 3. The van der Waals surface area contributed by atoms with Crippen molar-refractivity contribution in [3.05, 3.63) is 30.7 Å². The maximum Gasteiger partial charge on any atom is 0.133 e. The molecule has 84 valence electrons. The van der Waals surface area contributed by atoms with E-state index in [1.807, 2.05) is 10.9 Å². The largest absolute Gasteiger partial charge is 0.506 e. The molecule has 0 atom stereocenters. The summed E-state index contributed by atoms with van der Waals surface area (Å²) in [7, 11) is 0. The standard InChI is InChI=1S/C12H15N3O/c1-2-3-6-15-9-10(7-14-15)12-5-4-11(16)8-13-12/h4-5,7-9,16H,2-3,6H2,1H3. The van der Waals surface area contributed by atoms with Gasteiger partial charge < -0.3 is 5.11 Å². The van der Waals surface area contributed by atoms with E-state index in [1.165, 1.54) is 6.20 Å². The average molecular weight is 217 g/mol. The summed E-state index contributed by atoms with van der Waals surface area (Å²) in [5, 5.41) is 13.4. The van der Waals surface area contributed by atoms with Crippen molar-refractivity contribution in [2.45, 2.75) is 26.3 Å². The van der Waals surface area contributed by atoms with Gasteiger partial charge in [0.15, 0.2) is 0 Å². The zero-order chi connectivity index (χ0) is 11.4. The van der Waals surface area contributed by atoms with Crippen LogP contribution in [0.5, 0.6) is 5.75 Å². The van der Waals surface area contributed by atoms with Crippen LogP contribution < -0.4 is 0 Å². The number of aryl methyl sites for hydroxylation is 1. The molecule has 0 saturated carbocycles. The van der Waals surface area contributed by atoms with E-state index < -0.39 is 0 Å². The van der Waals surface area contributed by atoms with Crippen molar-refractivity contribution in [1.29, 1.82) is 0 Å². The van der Waals surface area contributed by atoms with Gasteiger partial charge in [-0.2, -0.15) is 5.10 Å². The van der Waals surface area contributed by atoms with Crippen molar-refractivity contribution in [1.82, 2.24) is 14.8 Å². The molecule has 0 radical (unpaired) electrons. The van der Waals surface area contributed by atoms with Gasteiger partial charge in [-0.25, -0.2) is 0 Å². The van der Waals surface area contributed by atoms with Crippen LogP contribution in [0, 0.1) is 0 Å². The fourth-order valence-electron chi connectivity index (χ4n) is 1.50. The number of hydrogen-bond donors (Lipinski definition) is 1. The number of rotatable bonds is 4. The van der Waals surface area contributed by atoms with Crippen LogP contribution in [0.25, 0.3) is 11.3 Å². The third kappa shape index (κ3) is 2.39. The molecule has 4 nitrogen and oxygen atoms in total. The lowest BCUT2D eigenvalue weighted by molar-refractivity contribution is 0.473. The third-order valence-corrected chi connectivity index (χ3v) is 2.42. The molecule has 4 heteroatoms. The number of aromatic hydroxyl groups is 1. The van der Waals surface area contributed by atoms with Gasteiger partial charge in [-0.05, 0) is 18.6 Å². The fourth-order valence-corrected chi connectivity index (χ4v) is 1.50. The van der Waals surface area contributed by atoms with Gasteiger partial charge in [0.2, 0.25) is 0 Å². The molecular formula is C12H15N3O. The first-order chi connectivity index (χ1) is 7.79. The van der Waals surface area contributed by atoms with E-state index in [4.69, 9.17) is 5.11 Å². The predicted octanol–water partition coefficient (Wildman–Crippen LogP) is 2.45. The summed E-state index contributed by atoms with van der Waals surface area (Å²) < 4.78 is 1.92. The Morgan fingerprint density at radius 2 is 2.19 bits per heavy atom. The molecule has 2 aromatic rings. The zero-order valence-corrected chi connectivity index (χ0v) is 9.30. The lowest BCUT2D eigenvalue weighted by Crippen LogP contribution is -1.96. The molecule has 2 heterocycles. The number of hydrogen-bond acceptors (Lipinski definition) is 3. The van der Waals surface area contributed by atoms with Gasteiger partial charge in [0.1, 0.15) is 5.75 Å². The summed E-state index contributed by atoms with van der Waals surface area (Å²) in [6, 6.07) is 3.42. The first kappa shape index (κ1) is 10.7. The summed E-state index contributed by atoms with van der Waals surface area (Å²) in [5.41, 5.74) is 1.82. The van der Waals surface area contributed by atoms with E-state index in [1.54, 1.807) is 18.3 Å². The van der Waals surface area contributed by atoms with E-state index in [2.05, 4.69) is 17.0 Å². The molecule has 0 aliphatic carbocycles. The Morgan fingerprint density at radius 3 is 2.88 bits per heavy atom. The highest BCUT2D eigenvalue weighted by atomic mass is 16.3. The van der Waals surface area contributed by atoms with Crippen LogP contribution >= 0.6 is 0 Å². The number of unbranched alkanes of at least 4 members (excludes halogenated alkanes) is 1. The SMILES string of the molecule is CCCCn1cc(-c2ccc(O)cn2)cn1. The molecule has 0 aromatic carbocycles. The Balaban J connectivity index is 2.15. The predicted molar refractivity (Wildman–Crippen MR) is 62.0 cm³/mol. The fraction of sp³-hybridized carbons (Fsp3) is 0.333. The number of nitrogens with zero attached hydrogens (tertiary/aromatic N) is 3. The minimum Gasteiger partial charge on any atom is -0.506 e. The molecule has 0 aliphatic rings. The lowest BCUT2D eigenvalue weighted by atomic mass is 10.2. The molecule has 0 spiro atoms. The molecule has 1 N–H and O–H groups in total. The number of pyridine rings is 1. The summed E-state index contributed by atoms with van der Waals surface area (Å²) >= 11 is 0. The van der Waals surface area contributed by atoms with E-state index in [0.717, 1.165) is 30.6 Å². The molecule has 0 fully saturated rings. The minimum absolute atomic E-state index is 0.183. The Labute approximate surface area is 94.6 Å². The maximum absolute atomic E-state index is 9.14. The smallest absolute Gasteiger partial charge is 0.133 e. The Morgan fingerprint density at radius 1 is 1.31 bits per heavy atom. The molecule has 0 bridgehead atoms. The van der Waals surface area contributed by atoms with Crippen LogP contribution in [-0.4, -0.2) is 19.9 Å². The van der Waals surface area contributed by atoms with Gasteiger partial charge in [0.05, 0.1) is 18.1 Å². The molecule has 2 aromatic heterocycles. The minimum atomic E-state index is 0.183. The quantitative estimate of drug-likeness (QED) is 0.855. The molecular weight excluding hydrogens is 202 g/mol. The van der Waals surface area contributed by atoms with Crippen molar-refractivity contribution in [3.8, 4) is 17.0 Å².